The number of likely N-dealkylation sites (tertiary alicyclic amines) is 1. The van der Waals surface area contributed by atoms with Crippen molar-refractivity contribution in [2.75, 3.05) is 20.2 Å². The van der Waals surface area contributed by atoms with Crippen molar-refractivity contribution in [2.45, 2.75) is 37.8 Å². The van der Waals surface area contributed by atoms with Gasteiger partial charge in [0.1, 0.15) is 5.60 Å². The zero-order valence-corrected chi connectivity index (χ0v) is 16.0. The van der Waals surface area contributed by atoms with Crippen LogP contribution in [0.3, 0.4) is 0 Å². The van der Waals surface area contributed by atoms with E-state index in [0.29, 0.717) is 23.4 Å². The van der Waals surface area contributed by atoms with E-state index in [0.717, 1.165) is 37.2 Å². The number of piperidine rings is 1. The summed E-state index contributed by atoms with van der Waals surface area (Å²) in [5, 5.41) is 0. The molecule has 6 nitrogen and oxygen atoms in total. The Labute approximate surface area is 160 Å². The molecule has 6 heteroatoms. The minimum absolute atomic E-state index is 0.294. The van der Waals surface area contributed by atoms with Crippen LogP contribution in [0.15, 0.2) is 36.8 Å². The Kier molecular flexibility index (Phi) is 4.78. The van der Waals surface area contributed by atoms with Gasteiger partial charge in [0.2, 0.25) is 5.91 Å². The van der Waals surface area contributed by atoms with E-state index in [-0.39, 0.29) is 5.60 Å². The summed E-state index contributed by atoms with van der Waals surface area (Å²) in [5.41, 5.74) is 7.96. The molecular weight excluding hydrogens is 340 g/mol. The fraction of sp³-hybridized carbons (Fsp3) is 0.524. The van der Waals surface area contributed by atoms with E-state index in [2.05, 4.69) is 27.9 Å². The van der Waals surface area contributed by atoms with Crippen LogP contribution in [-0.2, 0) is 10.3 Å². The number of nitrogens with one attached hydrogen (secondary N) is 1. The van der Waals surface area contributed by atoms with Crippen LogP contribution in [0.1, 0.15) is 53.8 Å². The van der Waals surface area contributed by atoms with Gasteiger partial charge in [0.05, 0.1) is 12.0 Å². The normalized spacial score (nSPS) is 29.4. The number of amides is 1. The van der Waals surface area contributed by atoms with Crippen molar-refractivity contribution in [2.24, 2.45) is 17.6 Å². The highest BCUT2D eigenvalue weighted by molar-refractivity contribution is 5.92. The minimum Gasteiger partial charge on any atom is -0.373 e. The predicted molar refractivity (Wildman–Crippen MR) is 103 cm³/mol. The maximum absolute atomic E-state index is 11.7. The molecule has 2 aromatic rings. The number of rotatable bonds is 5. The van der Waals surface area contributed by atoms with Gasteiger partial charge in [-0.3, -0.25) is 9.69 Å². The molecule has 2 fully saturated rings. The summed E-state index contributed by atoms with van der Waals surface area (Å²) < 4.78 is 6.29. The molecule has 1 aliphatic heterocycles. The van der Waals surface area contributed by atoms with Gasteiger partial charge in [0.25, 0.3) is 0 Å². The van der Waals surface area contributed by atoms with E-state index < -0.39 is 5.91 Å². The summed E-state index contributed by atoms with van der Waals surface area (Å²) >= 11 is 0. The van der Waals surface area contributed by atoms with E-state index in [4.69, 9.17) is 10.5 Å². The summed E-state index contributed by atoms with van der Waals surface area (Å²) in [7, 11) is 1.82. The summed E-state index contributed by atoms with van der Waals surface area (Å²) in [6.45, 7) is 4.16. The largest absolute Gasteiger partial charge is 0.373 e. The molecule has 0 spiro atoms. The monoisotopic (exact) mass is 368 g/mol. The van der Waals surface area contributed by atoms with Gasteiger partial charge in [-0.2, -0.15) is 0 Å². The fourth-order valence-corrected chi connectivity index (χ4v) is 5.31. The van der Waals surface area contributed by atoms with Crippen molar-refractivity contribution in [3.63, 3.8) is 0 Å². The average Bonchev–Trinajstić information content (AvgIpc) is 3.21. The second-order valence-corrected chi connectivity index (χ2v) is 7.90. The molecule has 1 aromatic carbocycles. The summed E-state index contributed by atoms with van der Waals surface area (Å²) in [6.07, 6.45) is 7.12. The van der Waals surface area contributed by atoms with Gasteiger partial charge >= 0.3 is 0 Å². The van der Waals surface area contributed by atoms with Crippen LogP contribution in [-0.4, -0.2) is 41.0 Å². The van der Waals surface area contributed by atoms with Crippen LogP contribution in [0.5, 0.6) is 0 Å². The number of methoxy groups -OCH3 is 1. The van der Waals surface area contributed by atoms with Gasteiger partial charge in [0, 0.05) is 49.8 Å². The molecule has 27 heavy (non-hydrogen) atoms. The van der Waals surface area contributed by atoms with Crippen LogP contribution in [0.2, 0.25) is 0 Å². The maximum atomic E-state index is 11.7. The molecule has 3 N–H and O–H groups in total. The summed E-state index contributed by atoms with van der Waals surface area (Å²) in [6, 6.07) is 8.02. The average molecular weight is 368 g/mol. The van der Waals surface area contributed by atoms with Crippen LogP contribution in [0, 0.1) is 11.8 Å². The van der Waals surface area contributed by atoms with Gasteiger partial charge in [-0.25, -0.2) is 4.98 Å². The molecule has 1 amide bonds. The van der Waals surface area contributed by atoms with Gasteiger partial charge in [-0.15, -0.1) is 0 Å². The molecule has 1 aromatic heterocycles. The van der Waals surface area contributed by atoms with E-state index in [1.807, 2.05) is 25.4 Å². The maximum Gasteiger partial charge on any atom is 0.248 e. The Hall–Kier alpha value is -2.18. The van der Waals surface area contributed by atoms with Gasteiger partial charge in [0.15, 0.2) is 0 Å². The van der Waals surface area contributed by atoms with Gasteiger partial charge in [-0.05, 0) is 37.5 Å². The topological polar surface area (TPSA) is 84.2 Å². The van der Waals surface area contributed by atoms with E-state index in [9.17, 15) is 4.79 Å². The third kappa shape index (κ3) is 2.97. The number of carbonyl (C=O) groups is 1. The number of ether oxygens (including phenoxy) is 1. The number of hydrogen-bond acceptors (Lipinski definition) is 4. The highest BCUT2D eigenvalue weighted by atomic mass is 16.5. The number of H-pyrrole nitrogens is 1. The Balaban J connectivity index is 1.68. The quantitative estimate of drug-likeness (QED) is 0.850. The van der Waals surface area contributed by atoms with E-state index >= 15 is 0 Å². The Bertz CT molecular complexity index is 790. The molecule has 4 atom stereocenters. The van der Waals surface area contributed by atoms with Crippen LogP contribution >= 0.6 is 0 Å². The van der Waals surface area contributed by atoms with Crippen LogP contribution in [0.25, 0.3) is 0 Å². The number of hydrogen-bond donors (Lipinski definition) is 2. The van der Waals surface area contributed by atoms with Gasteiger partial charge < -0.3 is 15.5 Å². The zero-order valence-electron chi connectivity index (χ0n) is 16.0. The van der Waals surface area contributed by atoms with Crippen molar-refractivity contribution in [1.82, 2.24) is 14.9 Å². The molecule has 1 saturated heterocycles. The smallest absolute Gasteiger partial charge is 0.248 e. The number of nitrogens with zero attached hydrogens (tertiary/aromatic N) is 2. The number of aromatic nitrogens is 2. The number of benzene rings is 1. The van der Waals surface area contributed by atoms with Crippen molar-refractivity contribution < 1.29 is 9.53 Å². The lowest BCUT2D eigenvalue weighted by atomic mass is 9.62. The van der Waals surface area contributed by atoms with Crippen molar-refractivity contribution in [1.29, 1.82) is 0 Å². The molecule has 1 saturated carbocycles. The van der Waals surface area contributed by atoms with Crippen LogP contribution in [0.4, 0.5) is 0 Å². The third-order valence-corrected chi connectivity index (χ3v) is 6.68. The van der Waals surface area contributed by atoms with Crippen molar-refractivity contribution in [3.05, 3.63) is 53.6 Å². The van der Waals surface area contributed by atoms with Crippen LogP contribution < -0.4 is 5.73 Å². The highest BCUT2D eigenvalue weighted by Gasteiger charge is 2.53. The number of carbonyl (C=O) groups excluding carboxylic acids is 1. The molecule has 0 radical (unpaired) electrons. The standard InChI is InChI=1S/C21H28N4O2/c1-14(19-10-23-13-24-19)25-11-17-7-4-8-18(12-25)21(17,27-2)16-6-3-5-15(9-16)20(22)26/h3,5-6,9-10,13-14,17-18H,4,7-8,11-12H2,1-2H3,(H2,22,26)(H,23,24)/t14-,17-,18+,21?/m0/s1. The second-order valence-electron chi connectivity index (χ2n) is 7.90. The summed E-state index contributed by atoms with van der Waals surface area (Å²) in [4.78, 5) is 21.7. The third-order valence-electron chi connectivity index (χ3n) is 6.68. The Morgan fingerprint density at radius 2 is 2.11 bits per heavy atom. The minimum atomic E-state index is -0.390. The second kappa shape index (κ2) is 7.09. The first-order chi connectivity index (χ1) is 13.1. The van der Waals surface area contributed by atoms with E-state index in [1.165, 1.54) is 6.42 Å². The molecule has 144 valence electrons. The zero-order chi connectivity index (χ0) is 19.0. The first kappa shape index (κ1) is 18.2. The molecule has 2 bridgehead atoms. The lowest BCUT2D eigenvalue weighted by Gasteiger charge is -2.56. The summed E-state index contributed by atoms with van der Waals surface area (Å²) in [5.74, 6) is 0.366. The lowest BCUT2D eigenvalue weighted by Crippen LogP contribution is -2.59. The number of primary amides is 1. The van der Waals surface area contributed by atoms with E-state index in [1.54, 1.807) is 12.4 Å². The molecule has 1 unspecified atom stereocenters. The predicted octanol–water partition coefficient (Wildman–Crippen LogP) is 2.84. The Morgan fingerprint density at radius 3 is 2.70 bits per heavy atom. The van der Waals surface area contributed by atoms with Crippen molar-refractivity contribution in [3.8, 4) is 0 Å². The fourth-order valence-electron chi connectivity index (χ4n) is 5.31. The lowest BCUT2D eigenvalue weighted by molar-refractivity contribution is -0.174. The molecule has 2 aliphatic rings. The molecular formula is C21H28N4O2. The molecule has 2 heterocycles. The molecule has 4 rings (SSSR count). The van der Waals surface area contributed by atoms with Crippen molar-refractivity contribution >= 4 is 5.91 Å². The Morgan fingerprint density at radius 1 is 1.37 bits per heavy atom. The number of fused-ring (bicyclic) bond motifs is 2. The first-order valence-electron chi connectivity index (χ1n) is 9.74. The number of nitrogens with two attached hydrogens (primary N) is 1. The van der Waals surface area contributed by atoms with Gasteiger partial charge in [-0.1, -0.05) is 18.6 Å². The highest BCUT2D eigenvalue weighted by Crippen LogP contribution is 2.52. The molecule has 1 aliphatic carbocycles. The number of aromatic amines is 1. The SMILES string of the molecule is COC1(c2cccc(C(N)=O)c2)[C@@H]2CCC[C@H]1CN([C@@H](C)c1cnc[nH]1)C2. The number of imidazole rings is 1. The first-order valence-corrected chi connectivity index (χ1v) is 9.74.